The number of rotatable bonds is 2. The fraction of sp³-hybridized carbons (Fsp3) is 0.867. The van der Waals surface area contributed by atoms with Crippen molar-refractivity contribution in [3.8, 4) is 0 Å². The van der Waals surface area contributed by atoms with Crippen LogP contribution >= 0.6 is 0 Å². The highest BCUT2D eigenvalue weighted by molar-refractivity contribution is 5.84. The van der Waals surface area contributed by atoms with Gasteiger partial charge in [0.15, 0.2) is 0 Å². The maximum Gasteiger partial charge on any atom is 0.410 e. The molecular formula is C15H28N2O5. The lowest BCUT2D eigenvalue weighted by molar-refractivity contribution is -0.155. The zero-order chi connectivity index (χ0) is 17.3. The third kappa shape index (κ3) is 4.58. The molecule has 7 nitrogen and oxygen atoms in total. The molecule has 0 aromatic carbocycles. The minimum atomic E-state index is -1.51. The Bertz CT molecular complexity index is 425. The second-order valence-corrected chi connectivity index (χ2v) is 7.33. The highest BCUT2D eigenvalue weighted by Crippen LogP contribution is 2.21. The van der Waals surface area contributed by atoms with Crippen LogP contribution in [0, 0.1) is 0 Å². The van der Waals surface area contributed by atoms with Gasteiger partial charge in [-0.15, -0.1) is 0 Å². The topological polar surface area (TPSA) is 90.3 Å². The molecule has 22 heavy (non-hydrogen) atoms. The predicted molar refractivity (Wildman–Crippen MR) is 81.3 cm³/mol. The molecule has 0 aromatic rings. The zero-order valence-corrected chi connectivity index (χ0v) is 14.3. The van der Waals surface area contributed by atoms with Gasteiger partial charge in [-0.2, -0.15) is 0 Å². The molecule has 1 aliphatic heterocycles. The minimum absolute atomic E-state index is 0.175. The van der Waals surface area contributed by atoms with Crippen LogP contribution < -0.4 is 0 Å². The van der Waals surface area contributed by atoms with Crippen molar-refractivity contribution in [3.05, 3.63) is 0 Å². The Hall–Kier alpha value is -1.34. The Morgan fingerprint density at radius 2 is 1.68 bits per heavy atom. The summed E-state index contributed by atoms with van der Waals surface area (Å²) in [6, 6.07) is -0.813. The van der Waals surface area contributed by atoms with Gasteiger partial charge in [-0.1, -0.05) is 0 Å². The number of amides is 2. The van der Waals surface area contributed by atoms with Crippen LogP contribution in [-0.2, 0) is 9.53 Å². The summed E-state index contributed by atoms with van der Waals surface area (Å²) in [4.78, 5) is 27.4. The quantitative estimate of drug-likeness (QED) is 0.778. The molecular weight excluding hydrogens is 288 g/mol. The Morgan fingerprint density at radius 3 is 2.09 bits per heavy atom. The molecule has 1 heterocycles. The summed E-state index contributed by atoms with van der Waals surface area (Å²) < 4.78 is 5.36. The van der Waals surface area contributed by atoms with Gasteiger partial charge < -0.3 is 24.7 Å². The summed E-state index contributed by atoms with van der Waals surface area (Å²) in [5.74, 6) is -0.456. The minimum Gasteiger partial charge on any atom is -0.444 e. The third-order valence-corrected chi connectivity index (χ3v) is 3.46. The van der Waals surface area contributed by atoms with Crippen LogP contribution in [0.1, 0.15) is 41.5 Å². The lowest BCUT2D eigenvalue weighted by atomic mass is 10.0. The molecule has 0 spiro atoms. The molecule has 1 aliphatic rings. The first-order valence-corrected chi connectivity index (χ1v) is 7.50. The smallest absolute Gasteiger partial charge is 0.410 e. The standard InChI is InChI=1S/C15H28N2O5/c1-10-7-17(12(19)15(5,6)21)11(9-18)8-16(10)13(20)22-14(2,3)4/h10-11,18,21H,7-9H2,1-6H3/t10-,11-/m0/s1. The van der Waals surface area contributed by atoms with Crippen LogP contribution in [0.2, 0.25) is 0 Å². The van der Waals surface area contributed by atoms with E-state index in [1.165, 1.54) is 23.6 Å². The van der Waals surface area contributed by atoms with Gasteiger partial charge >= 0.3 is 6.09 Å². The summed E-state index contributed by atoms with van der Waals surface area (Å²) in [5.41, 5.74) is -2.12. The molecule has 2 atom stereocenters. The number of ether oxygens (including phenoxy) is 1. The van der Waals surface area contributed by atoms with Crippen molar-refractivity contribution >= 4 is 12.0 Å². The van der Waals surface area contributed by atoms with E-state index in [4.69, 9.17) is 4.74 Å². The van der Waals surface area contributed by atoms with E-state index in [0.29, 0.717) is 0 Å². The van der Waals surface area contributed by atoms with Gasteiger partial charge in [0.1, 0.15) is 11.2 Å². The molecule has 0 radical (unpaired) electrons. The first-order valence-electron chi connectivity index (χ1n) is 7.50. The molecule has 0 aromatic heterocycles. The predicted octanol–water partition coefficient (Wildman–Crippen LogP) is 0.586. The number of hydrogen-bond acceptors (Lipinski definition) is 5. The van der Waals surface area contributed by atoms with E-state index in [2.05, 4.69) is 0 Å². The summed E-state index contributed by atoms with van der Waals surface area (Å²) in [6.07, 6.45) is -0.464. The van der Waals surface area contributed by atoms with Gasteiger partial charge in [0.2, 0.25) is 0 Å². The van der Waals surface area contributed by atoms with Gasteiger partial charge in [-0.05, 0) is 41.5 Å². The first-order chi connectivity index (χ1) is 9.86. The van der Waals surface area contributed by atoms with Crippen molar-refractivity contribution in [1.82, 2.24) is 9.80 Å². The molecule has 1 saturated heterocycles. The molecule has 128 valence electrons. The van der Waals surface area contributed by atoms with E-state index < -0.39 is 29.2 Å². The maximum absolute atomic E-state index is 12.3. The van der Waals surface area contributed by atoms with Crippen LogP contribution in [0.15, 0.2) is 0 Å². The van der Waals surface area contributed by atoms with Crippen molar-refractivity contribution in [2.75, 3.05) is 19.7 Å². The van der Waals surface area contributed by atoms with Gasteiger partial charge in [0, 0.05) is 19.1 Å². The van der Waals surface area contributed by atoms with Crippen molar-refractivity contribution in [3.63, 3.8) is 0 Å². The van der Waals surface area contributed by atoms with Gasteiger partial charge in [-0.3, -0.25) is 4.79 Å². The second kappa shape index (κ2) is 6.42. The largest absolute Gasteiger partial charge is 0.444 e. The van der Waals surface area contributed by atoms with E-state index >= 15 is 0 Å². The van der Waals surface area contributed by atoms with Crippen molar-refractivity contribution in [2.45, 2.75) is 64.8 Å². The summed E-state index contributed by atoms with van der Waals surface area (Å²) in [7, 11) is 0. The fourth-order valence-corrected chi connectivity index (χ4v) is 2.37. The SMILES string of the molecule is C[C@H]1CN(C(=O)C(C)(C)O)[C@H](CO)CN1C(=O)OC(C)(C)C. The Kier molecular flexibility index (Phi) is 5.46. The highest BCUT2D eigenvalue weighted by Gasteiger charge is 2.41. The molecule has 0 saturated carbocycles. The van der Waals surface area contributed by atoms with Gasteiger partial charge in [0.05, 0.1) is 12.6 Å². The number of aliphatic hydroxyl groups excluding tert-OH is 1. The number of hydrogen-bond donors (Lipinski definition) is 2. The van der Waals surface area contributed by atoms with Crippen LogP contribution in [0.25, 0.3) is 0 Å². The van der Waals surface area contributed by atoms with Crippen molar-refractivity contribution in [2.24, 2.45) is 0 Å². The van der Waals surface area contributed by atoms with E-state index in [1.54, 1.807) is 20.8 Å². The Labute approximate surface area is 131 Å². The number of carbonyl (C=O) groups is 2. The number of nitrogens with zero attached hydrogens (tertiary/aromatic N) is 2. The summed E-state index contributed by atoms with van der Waals surface area (Å²) >= 11 is 0. The highest BCUT2D eigenvalue weighted by atomic mass is 16.6. The molecule has 0 aliphatic carbocycles. The number of aliphatic hydroxyl groups is 2. The third-order valence-electron chi connectivity index (χ3n) is 3.46. The van der Waals surface area contributed by atoms with Gasteiger partial charge in [-0.25, -0.2) is 4.79 Å². The van der Waals surface area contributed by atoms with Crippen LogP contribution in [0.5, 0.6) is 0 Å². The molecule has 2 N–H and O–H groups in total. The molecule has 0 bridgehead atoms. The molecule has 1 fully saturated rings. The van der Waals surface area contributed by atoms with E-state index in [0.717, 1.165) is 0 Å². The van der Waals surface area contributed by atoms with Crippen molar-refractivity contribution < 1.29 is 24.5 Å². The normalized spacial score (nSPS) is 23.5. The first kappa shape index (κ1) is 18.7. The second-order valence-electron chi connectivity index (χ2n) is 7.33. The average molecular weight is 316 g/mol. The van der Waals surface area contributed by atoms with E-state index in [-0.39, 0.29) is 25.7 Å². The molecule has 0 unspecified atom stereocenters. The van der Waals surface area contributed by atoms with E-state index in [9.17, 15) is 19.8 Å². The number of piperazine rings is 1. The molecule has 7 heteroatoms. The lowest BCUT2D eigenvalue weighted by Gasteiger charge is -2.46. The van der Waals surface area contributed by atoms with Crippen molar-refractivity contribution in [1.29, 1.82) is 0 Å². The van der Waals surface area contributed by atoms with Crippen LogP contribution in [0.4, 0.5) is 4.79 Å². The zero-order valence-electron chi connectivity index (χ0n) is 14.3. The van der Waals surface area contributed by atoms with Crippen LogP contribution in [0.3, 0.4) is 0 Å². The number of carbonyl (C=O) groups excluding carboxylic acids is 2. The molecule has 1 rings (SSSR count). The van der Waals surface area contributed by atoms with E-state index in [1.807, 2.05) is 6.92 Å². The Balaban J connectivity index is 2.88. The molecule has 2 amide bonds. The van der Waals surface area contributed by atoms with Crippen LogP contribution in [-0.4, -0.2) is 75.0 Å². The maximum atomic E-state index is 12.3. The fourth-order valence-electron chi connectivity index (χ4n) is 2.37. The van der Waals surface area contributed by atoms with Gasteiger partial charge in [0.25, 0.3) is 5.91 Å². The average Bonchev–Trinajstić information content (AvgIpc) is 2.34. The summed E-state index contributed by atoms with van der Waals surface area (Å²) in [5, 5.41) is 19.4. The lowest BCUT2D eigenvalue weighted by Crippen LogP contribution is -2.64. The Morgan fingerprint density at radius 1 is 1.14 bits per heavy atom. The summed E-state index contributed by atoms with van der Waals surface area (Å²) in [6.45, 7) is 10.1. The monoisotopic (exact) mass is 316 g/mol.